The zero-order chi connectivity index (χ0) is 21.0. The largest absolute Gasteiger partial charge is 0.324 e. The van der Waals surface area contributed by atoms with Crippen LogP contribution in [0, 0.1) is 0 Å². The van der Waals surface area contributed by atoms with Gasteiger partial charge in [-0.25, -0.2) is 18.1 Å². The summed E-state index contributed by atoms with van der Waals surface area (Å²) in [6, 6.07) is 16.5. The van der Waals surface area contributed by atoms with Crippen molar-refractivity contribution < 1.29 is 13.2 Å². The maximum absolute atomic E-state index is 13.3. The smallest absolute Gasteiger partial charge is 0.246 e. The van der Waals surface area contributed by atoms with Crippen LogP contribution in [0.2, 0.25) is 0 Å². The number of carbonyl (C=O) groups is 1. The first-order valence-corrected chi connectivity index (χ1v) is 11.5. The average molecular weight is 426 g/mol. The maximum Gasteiger partial charge on any atom is 0.246 e. The molecule has 1 N–H and O–H groups in total. The van der Waals surface area contributed by atoms with Crippen LogP contribution < -0.4 is 5.32 Å². The van der Waals surface area contributed by atoms with E-state index in [2.05, 4.69) is 15.4 Å². The van der Waals surface area contributed by atoms with Crippen molar-refractivity contribution in [1.29, 1.82) is 0 Å². The number of anilines is 1. The average Bonchev–Trinajstić information content (AvgIpc) is 3.23. The van der Waals surface area contributed by atoms with Crippen molar-refractivity contribution in [2.75, 3.05) is 29.9 Å². The Labute approximate surface area is 175 Å². The molecular weight excluding hydrogens is 402 g/mol. The Morgan fingerprint density at radius 2 is 1.83 bits per heavy atom. The molecule has 4 rings (SSSR count). The minimum Gasteiger partial charge on any atom is -0.324 e. The quantitative estimate of drug-likeness (QED) is 0.646. The van der Waals surface area contributed by atoms with Crippen LogP contribution in [0.4, 0.5) is 5.69 Å². The molecule has 1 aromatic heterocycles. The molecular formula is C21H23N5O3S. The van der Waals surface area contributed by atoms with Crippen LogP contribution in [0.5, 0.6) is 0 Å². The standard InChI is InChI=1S/C21H23N5O3S/c27-21(24-19-8-4-5-17(13-19)14-26-16-22-15-23-26)20(18-6-2-1-3-7-18)25-9-11-30(28,29)12-10-25/h1-8,13,15-16,20H,9-12,14H2,(H,24,27). The Bertz CT molecular complexity index is 1090. The molecule has 0 saturated carbocycles. The van der Waals surface area contributed by atoms with Gasteiger partial charge in [-0.1, -0.05) is 42.5 Å². The molecule has 1 fully saturated rings. The van der Waals surface area contributed by atoms with Crippen molar-refractivity contribution >= 4 is 21.4 Å². The lowest BCUT2D eigenvalue weighted by molar-refractivity contribution is -0.121. The Morgan fingerprint density at radius 3 is 2.53 bits per heavy atom. The molecule has 156 valence electrons. The lowest BCUT2D eigenvalue weighted by Crippen LogP contribution is -2.46. The summed E-state index contributed by atoms with van der Waals surface area (Å²) in [6.07, 6.45) is 3.12. The van der Waals surface area contributed by atoms with Crippen molar-refractivity contribution in [3.05, 3.63) is 78.4 Å². The van der Waals surface area contributed by atoms with Gasteiger partial charge in [0.15, 0.2) is 9.84 Å². The number of benzene rings is 2. The van der Waals surface area contributed by atoms with E-state index < -0.39 is 15.9 Å². The minimum atomic E-state index is -3.03. The molecule has 1 aliphatic rings. The van der Waals surface area contributed by atoms with E-state index in [9.17, 15) is 13.2 Å². The van der Waals surface area contributed by atoms with Gasteiger partial charge in [0.05, 0.1) is 18.1 Å². The van der Waals surface area contributed by atoms with Crippen molar-refractivity contribution in [3.63, 3.8) is 0 Å². The van der Waals surface area contributed by atoms with Gasteiger partial charge in [-0.15, -0.1) is 0 Å². The van der Waals surface area contributed by atoms with E-state index in [0.717, 1.165) is 11.1 Å². The molecule has 0 radical (unpaired) electrons. The van der Waals surface area contributed by atoms with Crippen LogP contribution in [0.3, 0.4) is 0 Å². The van der Waals surface area contributed by atoms with E-state index in [1.807, 2.05) is 59.5 Å². The number of nitrogens with one attached hydrogen (secondary N) is 1. The number of aromatic nitrogens is 3. The van der Waals surface area contributed by atoms with E-state index in [0.29, 0.717) is 25.3 Å². The molecule has 0 bridgehead atoms. The van der Waals surface area contributed by atoms with Gasteiger partial charge in [0.25, 0.3) is 0 Å². The van der Waals surface area contributed by atoms with Crippen LogP contribution in [-0.2, 0) is 21.2 Å². The fourth-order valence-electron chi connectivity index (χ4n) is 3.61. The minimum absolute atomic E-state index is 0.0665. The van der Waals surface area contributed by atoms with Gasteiger partial charge in [-0.3, -0.25) is 9.69 Å². The maximum atomic E-state index is 13.3. The highest BCUT2D eigenvalue weighted by Gasteiger charge is 2.32. The Morgan fingerprint density at radius 1 is 1.07 bits per heavy atom. The third-order valence-electron chi connectivity index (χ3n) is 5.11. The molecule has 8 nitrogen and oxygen atoms in total. The van der Waals surface area contributed by atoms with Gasteiger partial charge in [-0.05, 0) is 23.3 Å². The fraction of sp³-hybridized carbons (Fsp3) is 0.286. The van der Waals surface area contributed by atoms with Crippen LogP contribution in [0.1, 0.15) is 17.2 Å². The Kier molecular flexibility index (Phi) is 5.91. The summed E-state index contributed by atoms with van der Waals surface area (Å²) < 4.78 is 25.4. The highest BCUT2D eigenvalue weighted by Crippen LogP contribution is 2.25. The first kappa shape index (κ1) is 20.2. The van der Waals surface area contributed by atoms with Crippen molar-refractivity contribution in [1.82, 2.24) is 19.7 Å². The number of nitrogens with zero attached hydrogens (tertiary/aromatic N) is 4. The molecule has 1 amide bonds. The molecule has 1 saturated heterocycles. The lowest BCUT2D eigenvalue weighted by Gasteiger charge is -2.33. The van der Waals surface area contributed by atoms with E-state index >= 15 is 0 Å². The number of rotatable bonds is 6. The summed E-state index contributed by atoms with van der Waals surface area (Å²) in [5, 5.41) is 7.11. The fourth-order valence-corrected chi connectivity index (χ4v) is 4.84. The number of hydrogen-bond acceptors (Lipinski definition) is 6. The number of carbonyl (C=O) groups excluding carboxylic acids is 1. The summed E-state index contributed by atoms with van der Waals surface area (Å²) in [5.41, 5.74) is 2.51. The summed E-state index contributed by atoms with van der Waals surface area (Å²) >= 11 is 0. The molecule has 3 aromatic rings. The number of amides is 1. The van der Waals surface area contributed by atoms with Crippen molar-refractivity contribution in [3.8, 4) is 0 Å². The van der Waals surface area contributed by atoms with Crippen LogP contribution in [0.25, 0.3) is 0 Å². The van der Waals surface area contributed by atoms with Crippen molar-refractivity contribution in [2.45, 2.75) is 12.6 Å². The summed E-state index contributed by atoms with van der Waals surface area (Å²) in [7, 11) is -3.03. The van der Waals surface area contributed by atoms with Crippen LogP contribution >= 0.6 is 0 Å². The second-order valence-corrected chi connectivity index (χ2v) is 9.59. The van der Waals surface area contributed by atoms with Gasteiger partial charge in [0, 0.05) is 18.8 Å². The second kappa shape index (κ2) is 8.76. The molecule has 0 spiro atoms. The number of hydrogen-bond donors (Lipinski definition) is 1. The number of sulfone groups is 1. The van der Waals surface area contributed by atoms with E-state index in [1.165, 1.54) is 6.33 Å². The summed E-state index contributed by atoms with van der Waals surface area (Å²) in [6.45, 7) is 1.22. The Balaban J connectivity index is 1.53. The lowest BCUT2D eigenvalue weighted by atomic mass is 10.0. The molecule has 1 unspecified atom stereocenters. The Hall–Kier alpha value is -3.04. The zero-order valence-corrected chi connectivity index (χ0v) is 17.2. The van der Waals surface area contributed by atoms with E-state index in [4.69, 9.17) is 0 Å². The zero-order valence-electron chi connectivity index (χ0n) is 16.4. The van der Waals surface area contributed by atoms with E-state index in [1.54, 1.807) is 11.0 Å². The topological polar surface area (TPSA) is 97.2 Å². The first-order valence-electron chi connectivity index (χ1n) is 9.72. The van der Waals surface area contributed by atoms with Gasteiger partial charge < -0.3 is 5.32 Å². The first-order chi connectivity index (χ1) is 14.5. The van der Waals surface area contributed by atoms with Crippen LogP contribution in [-0.4, -0.2) is 58.6 Å². The molecule has 30 heavy (non-hydrogen) atoms. The SMILES string of the molecule is O=C(Nc1cccc(Cn2cncn2)c1)C(c1ccccc1)N1CCS(=O)(=O)CC1. The molecule has 1 atom stereocenters. The molecule has 0 aliphatic carbocycles. The predicted molar refractivity (Wildman–Crippen MR) is 114 cm³/mol. The highest BCUT2D eigenvalue weighted by atomic mass is 32.2. The normalized spacial score (nSPS) is 17.3. The summed E-state index contributed by atoms with van der Waals surface area (Å²) in [4.78, 5) is 19.1. The van der Waals surface area contributed by atoms with Gasteiger partial charge in [0.1, 0.15) is 18.7 Å². The highest BCUT2D eigenvalue weighted by molar-refractivity contribution is 7.91. The molecule has 2 heterocycles. The molecule has 1 aliphatic heterocycles. The van der Waals surface area contributed by atoms with Gasteiger partial charge in [0.2, 0.25) is 5.91 Å². The van der Waals surface area contributed by atoms with Crippen molar-refractivity contribution in [2.24, 2.45) is 0 Å². The molecule has 9 heteroatoms. The van der Waals surface area contributed by atoms with Crippen LogP contribution in [0.15, 0.2) is 67.3 Å². The third kappa shape index (κ3) is 4.92. The monoisotopic (exact) mass is 425 g/mol. The molecule has 2 aromatic carbocycles. The predicted octanol–water partition coefficient (Wildman–Crippen LogP) is 1.74. The van der Waals surface area contributed by atoms with E-state index in [-0.39, 0.29) is 17.4 Å². The van der Waals surface area contributed by atoms with Gasteiger partial charge in [-0.2, -0.15) is 5.10 Å². The summed E-state index contributed by atoms with van der Waals surface area (Å²) in [5.74, 6) is -0.0491. The second-order valence-electron chi connectivity index (χ2n) is 7.28. The van der Waals surface area contributed by atoms with Gasteiger partial charge >= 0.3 is 0 Å². The third-order valence-corrected chi connectivity index (χ3v) is 6.72.